The maximum atomic E-state index is 6.27. The van der Waals surface area contributed by atoms with Gasteiger partial charge >= 0.3 is 0 Å². The summed E-state index contributed by atoms with van der Waals surface area (Å²) < 4.78 is 12.5. The molecule has 0 saturated heterocycles. The molecule has 0 aliphatic rings. The van der Waals surface area contributed by atoms with Gasteiger partial charge < -0.3 is 8.83 Å². The van der Waals surface area contributed by atoms with Gasteiger partial charge in [-0.3, -0.25) is 0 Å². The largest absolute Gasteiger partial charge is 0.456 e. The van der Waals surface area contributed by atoms with Crippen LogP contribution < -0.4 is 0 Å². The third kappa shape index (κ3) is 4.15. The Bertz CT molecular complexity index is 2850. The summed E-state index contributed by atoms with van der Waals surface area (Å²) >= 11 is 0. The van der Waals surface area contributed by atoms with E-state index in [1.54, 1.807) is 0 Å². The summed E-state index contributed by atoms with van der Waals surface area (Å²) in [6.07, 6.45) is 0. The maximum Gasteiger partial charge on any atom is 0.164 e. The van der Waals surface area contributed by atoms with Crippen LogP contribution in [0.1, 0.15) is 0 Å². The highest BCUT2D eigenvalue weighted by atomic mass is 16.3. The number of hydrogen-bond donors (Lipinski definition) is 0. The molecule has 0 saturated carbocycles. The summed E-state index contributed by atoms with van der Waals surface area (Å²) in [6, 6.07) is 51.6. The van der Waals surface area contributed by atoms with Gasteiger partial charge in [-0.1, -0.05) is 121 Å². The minimum absolute atomic E-state index is 0.596. The quantitative estimate of drug-likeness (QED) is 0.197. The van der Waals surface area contributed by atoms with Crippen LogP contribution in [0.2, 0.25) is 0 Å². The smallest absolute Gasteiger partial charge is 0.164 e. The van der Waals surface area contributed by atoms with Crippen molar-refractivity contribution >= 4 is 54.6 Å². The second kappa shape index (κ2) is 10.5. The predicted molar refractivity (Wildman–Crippen MR) is 194 cm³/mol. The van der Waals surface area contributed by atoms with Gasteiger partial charge in [-0.05, 0) is 46.8 Å². The Kier molecular flexibility index (Phi) is 5.81. The average molecular weight is 616 g/mol. The van der Waals surface area contributed by atoms with Crippen molar-refractivity contribution in [3.05, 3.63) is 152 Å². The first-order valence-corrected chi connectivity index (χ1v) is 15.9. The highest BCUT2D eigenvalue weighted by Gasteiger charge is 2.19. The zero-order chi connectivity index (χ0) is 31.6. The fourth-order valence-electron chi connectivity index (χ4n) is 6.96. The molecule has 5 nitrogen and oxygen atoms in total. The van der Waals surface area contributed by atoms with Gasteiger partial charge in [0.15, 0.2) is 17.5 Å². The van der Waals surface area contributed by atoms with Crippen molar-refractivity contribution in [3.63, 3.8) is 0 Å². The van der Waals surface area contributed by atoms with E-state index < -0.39 is 0 Å². The van der Waals surface area contributed by atoms with Crippen molar-refractivity contribution in [3.8, 4) is 45.3 Å². The first-order chi connectivity index (χ1) is 23.8. The Hall–Kier alpha value is -6.59. The summed E-state index contributed by atoms with van der Waals surface area (Å²) in [6.45, 7) is 0. The zero-order valence-corrected chi connectivity index (χ0v) is 25.6. The van der Waals surface area contributed by atoms with Crippen LogP contribution in [0.25, 0.3) is 99.9 Å². The molecule has 0 aliphatic carbocycles. The van der Waals surface area contributed by atoms with Gasteiger partial charge in [0.1, 0.15) is 22.3 Å². The van der Waals surface area contributed by atoms with Crippen molar-refractivity contribution in [2.45, 2.75) is 0 Å². The van der Waals surface area contributed by atoms with Gasteiger partial charge in [-0.2, -0.15) is 0 Å². The van der Waals surface area contributed by atoms with Crippen LogP contribution in [0.3, 0.4) is 0 Å². The molecule has 0 fully saturated rings. The molecule has 0 amide bonds. The van der Waals surface area contributed by atoms with Crippen LogP contribution in [0.15, 0.2) is 160 Å². The number of fused-ring (bicyclic) bond motifs is 8. The lowest BCUT2D eigenvalue weighted by atomic mass is 9.93. The van der Waals surface area contributed by atoms with Crippen LogP contribution in [0.4, 0.5) is 0 Å². The van der Waals surface area contributed by atoms with Crippen LogP contribution in [0.5, 0.6) is 0 Å². The van der Waals surface area contributed by atoms with Crippen LogP contribution in [0, 0.1) is 0 Å². The summed E-state index contributed by atoms with van der Waals surface area (Å²) in [4.78, 5) is 15.2. The van der Waals surface area contributed by atoms with E-state index in [0.717, 1.165) is 82.5 Å². The lowest BCUT2D eigenvalue weighted by molar-refractivity contribution is 0.668. The molecule has 3 aromatic heterocycles. The Morgan fingerprint density at radius 3 is 1.71 bits per heavy atom. The normalized spacial score (nSPS) is 11.8. The average Bonchev–Trinajstić information content (AvgIpc) is 3.73. The monoisotopic (exact) mass is 615 g/mol. The standard InChI is InChI=1S/C43H25N3O2/c1-2-11-27(12-3-1)41-44-42(46-43(45-41)33-19-10-22-36-39(33)31-16-4-6-20-34(31)47-36)29-15-8-14-28(25-29)30-18-9-13-26-23-24-37-40(38(26)30)32-17-5-7-21-35(32)48-37/h1-25H. The van der Waals surface area contributed by atoms with E-state index in [0.29, 0.717) is 17.5 Å². The number of hydrogen-bond acceptors (Lipinski definition) is 5. The van der Waals surface area contributed by atoms with Crippen LogP contribution in [-0.2, 0) is 0 Å². The summed E-state index contributed by atoms with van der Waals surface area (Å²) in [5.41, 5.74) is 8.31. The molecule has 0 radical (unpaired) electrons. The molecule has 7 aromatic carbocycles. The second-order valence-corrected chi connectivity index (χ2v) is 12.0. The molecule has 0 N–H and O–H groups in total. The first-order valence-electron chi connectivity index (χ1n) is 15.9. The Labute approximate surface area is 274 Å². The fraction of sp³-hybridized carbons (Fsp3) is 0. The van der Waals surface area contributed by atoms with Gasteiger partial charge in [0.25, 0.3) is 0 Å². The second-order valence-electron chi connectivity index (χ2n) is 12.0. The van der Waals surface area contributed by atoms with Crippen LogP contribution >= 0.6 is 0 Å². The Morgan fingerprint density at radius 2 is 0.896 bits per heavy atom. The molecule has 0 atom stereocenters. The minimum atomic E-state index is 0.596. The molecule has 3 heterocycles. The molecule has 224 valence electrons. The lowest BCUT2D eigenvalue weighted by Crippen LogP contribution is -2.00. The number of aromatic nitrogens is 3. The molecule has 10 aromatic rings. The molecular formula is C43H25N3O2. The first kappa shape index (κ1) is 26.6. The number of nitrogens with zero attached hydrogens (tertiary/aromatic N) is 3. The van der Waals surface area contributed by atoms with Gasteiger partial charge in [-0.15, -0.1) is 0 Å². The van der Waals surface area contributed by atoms with E-state index in [1.165, 1.54) is 0 Å². The lowest BCUT2D eigenvalue weighted by Gasteiger charge is -2.12. The zero-order valence-electron chi connectivity index (χ0n) is 25.6. The number of furan rings is 2. The molecule has 48 heavy (non-hydrogen) atoms. The van der Waals surface area contributed by atoms with E-state index in [-0.39, 0.29) is 0 Å². The van der Waals surface area contributed by atoms with E-state index in [9.17, 15) is 0 Å². The number of rotatable bonds is 4. The molecule has 10 rings (SSSR count). The van der Waals surface area contributed by atoms with Gasteiger partial charge in [0.05, 0.1) is 0 Å². The van der Waals surface area contributed by atoms with Crippen molar-refractivity contribution in [2.24, 2.45) is 0 Å². The number of para-hydroxylation sites is 2. The Balaban J connectivity index is 1.20. The van der Waals surface area contributed by atoms with E-state index in [2.05, 4.69) is 78.9 Å². The van der Waals surface area contributed by atoms with Crippen molar-refractivity contribution < 1.29 is 8.83 Å². The third-order valence-electron chi connectivity index (χ3n) is 9.13. The molecule has 0 aliphatic heterocycles. The van der Waals surface area contributed by atoms with E-state index >= 15 is 0 Å². The Morgan fingerprint density at radius 1 is 0.333 bits per heavy atom. The van der Waals surface area contributed by atoms with E-state index in [4.69, 9.17) is 23.8 Å². The molecular weight excluding hydrogens is 590 g/mol. The fourth-order valence-corrected chi connectivity index (χ4v) is 6.96. The molecule has 0 unspecified atom stereocenters. The molecule has 5 heteroatoms. The van der Waals surface area contributed by atoms with Gasteiger partial charge in [0.2, 0.25) is 0 Å². The van der Waals surface area contributed by atoms with Crippen molar-refractivity contribution in [1.82, 2.24) is 15.0 Å². The van der Waals surface area contributed by atoms with Crippen LogP contribution in [-0.4, -0.2) is 15.0 Å². The van der Waals surface area contributed by atoms with E-state index in [1.807, 2.05) is 72.8 Å². The number of benzene rings is 7. The van der Waals surface area contributed by atoms with Gasteiger partial charge in [0, 0.05) is 43.6 Å². The van der Waals surface area contributed by atoms with Gasteiger partial charge in [-0.25, -0.2) is 15.0 Å². The molecule has 0 bridgehead atoms. The minimum Gasteiger partial charge on any atom is -0.456 e. The predicted octanol–water partition coefficient (Wildman–Crippen LogP) is 11.5. The maximum absolute atomic E-state index is 6.27. The topological polar surface area (TPSA) is 65.0 Å². The summed E-state index contributed by atoms with van der Waals surface area (Å²) in [5, 5.41) is 6.58. The van der Waals surface area contributed by atoms with Crippen molar-refractivity contribution in [2.75, 3.05) is 0 Å². The highest BCUT2D eigenvalue weighted by Crippen LogP contribution is 2.41. The van der Waals surface area contributed by atoms with Crippen molar-refractivity contribution in [1.29, 1.82) is 0 Å². The third-order valence-corrected chi connectivity index (χ3v) is 9.13. The molecule has 0 spiro atoms. The highest BCUT2D eigenvalue weighted by molar-refractivity contribution is 6.23. The summed E-state index contributed by atoms with van der Waals surface area (Å²) in [7, 11) is 0. The summed E-state index contributed by atoms with van der Waals surface area (Å²) in [5.74, 6) is 1.81. The SMILES string of the molecule is c1ccc(-c2nc(-c3cccc(-c4cccc5ccc6oc7ccccc7c6c45)c3)nc(-c3cccc4oc5ccccc5c34)n2)cc1.